The maximum Gasteiger partial charge on any atom is 0.0784 e. The molecule has 0 heterocycles. The van der Waals surface area contributed by atoms with Gasteiger partial charge in [-0.05, 0) is 18.9 Å². The molecular weight excluding hydrogens is 100 g/mol. The van der Waals surface area contributed by atoms with Crippen LogP contribution in [0.15, 0.2) is 23.8 Å². The van der Waals surface area contributed by atoms with Gasteiger partial charge in [0.25, 0.3) is 0 Å². The molecule has 0 aromatic heterocycles. The zero-order valence-electron chi connectivity index (χ0n) is 4.96. The van der Waals surface area contributed by atoms with E-state index in [2.05, 4.69) is 0 Å². The molecule has 0 amide bonds. The molecule has 1 rings (SSSR count). The minimum Gasteiger partial charge on any atom is -0.388 e. The third kappa shape index (κ3) is 0.984. The van der Waals surface area contributed by atoms with Gasteiger partial charge in [-0.15, -0.1) is 0 Å². The highest BCUT2D eigenvalue weighted by Gasteiger charge is 2.04. The van der Waals surface area contributed by atoms with Gasteiger partial charge in [-0.25, -0.2) is 0 Å². The summed E-state index contributed by atoms with van der Waals surface area (Å²) < 4.78 is 0. The molecule has 44 valence electrons. The molecule has 1 aliphatic carbocycles. The van der Waals surface area contributed by atoms with Crippen LogP contribution in [0.25, 0.3) is 0 Å². The smallest absolute Gasteiger partial charge is 0.0784 e. The predicted octanol–water partition coefficient (Wildman–Crippen LogP) is 1.25. The van der Waals surface area contributed by atoms with Crippen LogP contribution >= 0.6 is 0 Å². The molecule has 0 saturated carbocycles. The molecule has 1 aliphatic rings. The second-order valence-electron chi connectivity index (χ2n) is 2.09. The third-order valence-electron chi connectivity index (χ3n) is 1.38. The van der Waals surface area contributed by atoms with Crippen molar-refractivity contribution in [2.45, 2.75) is 19.4 Å². The summed E-state index contributed by atoms with van der Waals surface area (Å²) in [4.78, 5) is 0. The monoisotopic (exact) mass is 110 g/mol. The van der Waals surface area contributed by atoms with Crippen LogP contribution in [-0.4, -0.2) is 11.2 Å². The van der Waals surface area contributed by atoms with E-state index in [4.69, 9.17) is 5.11 Å². The summed E-state index contributed by atoms with van der Waals surface area (Å²) >= 11 is 0. The second-order valence-corrected chi connectivity index (χ2v) is 2.09. The van der Waals surface area contributed by atoms with Crippen molar-refractivity contribution in [3.63, 3.8) is 0 Å². The molecule has 0 saturated heterocycles. The van der Waals surface area contributed by atoms with E-state index in [0.717, 1.165) is 12.0 Å². The van der Waals surface area contributed by atoms with E-state index in [-0.39, 0.29) is 6.10 Å². The van der Waals surface area contributed by atoms with Crippen LogP contribution in [0.2, 0.25) is 0 Å². The number of aliphatic hydroxyl groups excluding tert-OH is 1. The van der Waals surface area contributed by atoms with E-state index in [1.165, 1.54) is 0 Å². The van der Waals surface area contributed by atoms with Gasteiger partial charge in [-0.3, -0.25) is 0 Å². The van der Waals surface area contributed by atoms with E-state index in [1.54, 1.807) is 0 Å². The Morgan fingerprint density at radius 2 is 2.50 bits per heavy atom. The fourth-order valence-electron chi connectivity index (χ4n) is 0.724. The fourth-order valence-corrected chi connectivity index (χ4v) is 0.724. The summed E-state index contributed by atoms with van der Waals surface area (Å²) in [5.41, 5.74) is 1.06. The summed E-state index contributed by atoms with van der Waals surface area (Å²) in [6.07, 6.45) is 6.44. The lowest BCUT2D eigenvalue weighted by molar-refractivity contribution is 0.213. The Bertz CT molecular complexity index is 133. The first-order chi connectivity index (χ1) is 3.80. The van der Waals surface area contributed by atoms with E-state index < -0.39 is 0 Å². The number of hydrogen-bond acceptors (Lipinski definition) is 1. The van der Waals surface area contributed by atoms with Gasteiger partial charge in [-0.2, -0.15) is 0 Å². The zero-order chi connectivity index (χ0) is 5.98. The molecule has 0 fully saturated rings. The molecular formula is C7H10O. The van der Waals surface area contributed by atoms with Crippen molar-refractivity contribution in [2.24, 2.45) is 0 Å². The first-order valence-electron chi connectivity index (χ1n) is 2.82. The average molecular weight is 110 g/mol. The van der Waals surface area contributed by atoms with Gasteiger partial charge in [-0.1, -0.05) is 18.2 Å². The lowest BCUT2D eigenvalue weighted by Gasteiger charge is -2.10. The van der Waals surface area contributed by atoms with Crippen LogP contribution in [-0.2, 0) is 0 Å². The number of hydrogen-bond donors (Lipinski definition) is 1. The van der Waals surface area contributed by atoms with E-state index in [9.17, 15) is 0 Å². The lowest BCUT2D eigenvalue weighted by atomic mass is 10.0. The van der Waals surface area contributed by atoms with Gasteiger partial charge in [0, 0.05) is 0 Å². The SMILES string of the molecule is CC1=CC=CC[C@@H]1O. The van der Waals surface area contributed by atoms with Gasteiger partial charge in [0.1, 0.15) is 0 Å². The highest BCUT2D eigenvalue weighted by Crippen LogP contribution is 2.10. The van der Waals surface area contributed by atoms with E-state index in [1.807, 2.05) is 25.2 Å². The van der Waals surface area contributed by atoms with Gasteiger partial charge in [0.15, 0.2) is 0 Å². The minimum atomic E-state index is -0.222. The van der Waals surface area contributed by atoms with Crippen molar-refractivity contribution in [1.82, 2.24) is 0 Å². The maximum absolute atomic E-state index is 9.06. The normalized spacial score (nSPS) is 27.8. The molecule has 1 heteroatoms. The Labute approximate surface area is 49.3 Å². The Kier molecular flexibility index (Phi) is 1.49. The standard InChI is InChI=1S/C7H10O/c1-6-4-2-3-5-7(6)8/h2-4,7-8H,5H2,1H3/t7-/m0/s1. The summed E-state index contributed by atoms with van der Waals surface area (Å²) in [7, 11) is 0. The Balaban J connectivity index is 2.66. The topological polar surface area (TPSA) is 20.2 Å². The van der Waals surface area contributed by atoms with Crippen LogP contribution in [0, 0.1) is 0 Å². The van der Waals surface area contributed by atoms with Crippen molar-refractivity contribution >= 4 is 0 Å². The molecule has 1 atom stereocenters. The number of allylic oxidation sites excluding steroid dienone is 2. The van der Waals surface area contributed by atoms with Crippen molar-refractivity contribution in [1.29, 1.82) is 0 Å². The highest BCUT2D eigenvalue weighted by atomic mass is 16.3. The fraction of sp³-hybridized carbons (Fsp3) is 0.429. The van der Waals surface area contributed by atoms with Crippen LogP contribution in [0.3, 0.4) is 0 Å². The van der Waals surface area contributed by atoms with Crippen molar-refractivity contribution in [3.05, 3.63) is 23.8 Å². The first kappa shape index (κ1) is 5.57. The van der Waals surface area contributed by atoms with E-state index >= 15 is 0 Å². The lowest BCUT2D eigenvalue weighted by Crippen LogP contribution is -2.07. The van der Waals surface area contributed by atoms with Gasteiger partial charge in [0.05, 0.1) is 6.10 Å². The first-order valence-corrected chi connectivity index (χ1v) is 2.82. The van der Waals surface area contributed by atoms with Crippen molar-refractivity contribution in [2.75, 3.05) is 0 Å². The molecule has 1 N–H and O–H groups in total. The Hall–Kier alpha value is -0.560. The average Bonchev–Trinajstić information content (AvgIpc) is 1.77. The summed E-state index contributed by atoms with van der Waals surface area (Å²) in [5.74, 6) is 0. The Morgan fingerprint density at radius 1 is 1.75 bits per heavy atom. The molecule has 0 aliphatic heterocycles. The quantitative estimate of drug-likeness (QED) is 0.497. The molecule has 0 aromatic rings. The molecule has 8 heavy (non-hydrogen) atoms. The van der Waals surface area contributed by atoms with Crippen LogP contribution < -0.4 is 0 Å². The number of rotatable bonds is 0. The summed E-state index contributed by atoms with van der Waals surface area (Å²) in [6, 6.07) is 0. The highest BCUT2D eigenvalue weighted by molar-refractivity contribution is 5.19. The van der Waals surface area contributed by atoms with Crippen molar-refractivity contribution in [3.8, 4) is 0 Å². The van der Waals surface area contributed by atoms with E-state index in [0.29, 0.717) is 0 Å². The molecule has 0 aromatic carbocycles. The molecule has 0 radical (unpaired) electrons. The van der Waals surface area contributed by atoms with Crippen molar-refractivity contribution < 1.29 is 5.11 Å². The molecule has 1 nitrogen and oxygen atoms in total. The minimum absolute atomic E-state index is 0.222. The third-order valence-corrected chi connectivity index (χ3v) is 1.38. The van der Waals surface area contributed by atoms with Gasteiger partial charge < -0.3 is 5.11 Å². The molecule has 0 spiro atoms. The number of aliphatic hydroxyl groups is 1. The largest absolute Gasteiger partial charge is 0.388 e. The van der Waals surface area contributed by atoms with Gasteiger partial charge >= 0.3 is 0 Å². The predicted molar refractivity (Wildman–Crippen MR) is 33.5 cm³/mol. The van der Waals surface area contributed by atoms with Crippen LogP contribution in [0.1, 0.15) is 13.3 Å². The Morgan fingerprint density at radius 3 is 2.88 bits per heavy atom. The van der Waals surface area contributed by atoms with Gasteiger partial charge in [0.2, 0.25) is 0 Å². The van der Waals surface area contributed by atoms with Crippen LogP contribution in [0.4, 0.5) is 0 Å². The van der Waals surface area contributed by atoms with Crippen LogP contribution in [0.5, 0.6) is 0 Å². The molecule has 0 bridgehead atoms. The zero-order valence-corrected chi connectivity index (χ0v) is 4.96. The summed E-state index contributed by atoms with van der Waals surface area (Å²) in [5, 5.41) is 9.06. The second kappa shape index (κ2) is 2.14. The molecule has 0 unspecified atom stereocenters. The summed E-state index contributed by atoms with van der Waals surface area (Å²) in [6.45, 7) is 1.94. The maximum atomic E-state index is 9.06.